The number of carboxylic acid groups (broad SMARTS) is 1. The molecule has 2 N–H and O–H groups in total. The topological polar surface area (TPSA) is 57.5 Å². The number of hydrogen-bond acceptors (Lipinski definition) is 3. The Labute approximate surface area is 82.0 Å². The maximum absolute atomic E-state index is 12.9. The highest BCUT2D eigenvalue weighted by molar-refractivity contribution is 7.18. The third-order valence-corrected chi connectivity index (χ3v) is 2.87. The second-order valence-electron chi connectivity index (χ2n) is 2.76. The van der Waals surface area contributed by atoms with E-state index in [2.05, 4.69) is 0 Å². The minimum atomic E-state index is -1.20. The minimum Gasteiger partial charge on any atom is -0.506 e. The maximum Gasteiger partial charge on any atom is 0.337 e. The molecular weight excluding hydrogens is 207 g/mol. The first-order valence-corrected chi connectivity index (χ1v) is 4.60. The van der Waals surface area contributed by atoms with Gasteiger partial charge in [-0.25, -0.2) is 9.18 Å². The molecule has 0 unspecified atom stereocenters. The van der Waals surface area contributed by atoms with Gasteiger partial charge in [0, 0.05) is 10.8 Å². The highest BCUT2D eigenvalue weighted by Gasteiger charge is 2.14. The summed E-state index contributed by atoms with van der Waals surface area (Å²) in [7, 11) is 0. The van der Waals surface area contributed by atoms with E-state index in [9.17, 15) is 14.3 Å². The number of benzene rings is 1. The van der Waals surface area contributed by atoms with Crippen LogP contribution in [0.4, 0.5) is 4.39 Å². The van der Waals surface area contributed by atoms with E-state index in [0.29, 0.717) is 4.70 Å². The largest absolute Gasteiger partial charge is 0.506 e. The molecule has 0 radical (unpaired) electrons. The van der Waals surface area contributed by atoms with Crippen LogP contribution < -0.4 is 0 Å². The molecule has 0 saturated heterocycles. The van der Waals surface area contributed by atoms with Gasteiger partial charge in [-0.05, 0) is 12.1 Å². The summed E-state index contributed by atoms with van der Waals surface area (Å²) in [5.74, 6) is -1.95. The molecule has 14 heavy (non-hydrogen) atoms. The summed E-state index contributed by atoms with van der Waals surface area (Å²) in [5.41, 5.74) is -0.120. The molecule has 0 saturated carbocycles. The molecule has 2 rings (SSSR count). The van der Waals surface area contributed by atoms with Crippen molar-refractivity contribution >= 4 is 27.4 Å². The zero-order chi connectivity index (χ0) is 10.3. The van der Waals surface area contributed by atoms with Crippen LogP contribution in [0.25, 0.3) is 10.1 Å². The van der Waals surface area contributed by atoms with E-state index in [0.717, 1.165) is 23.5 Å². The zero-order valence-electron chi connectivity index (χ0n) is 6.82. The lowest BCUT2D eigenvalue weighted by molar-refractivity contribution is 0.0698. The molecule has 2 aromatic rings. The number of aromatic carboxylic acids is 1. The molecule has 0 amide bonds. The average Bonchev–Trinajstić information content (AvgIpc) is 2.47. The SMILES string of the molecule is O=C(O)c1cc(F)cc2c(O)csc12. The Kier molecular flexibility index (Phi) is 1.89. The standard InChI is InChI=1S/C9H5FO3S/c10-4-1-5-7(11)3-14-8(5)6(2-4)9(12)13/h1-3,11H,(H,12,13). The van der Waals surface area contributed by atoms with Crippen molar-refractivity contribution in [2.45, 2.75) is 0 Å². The van der Waals surface area contributed by atoms with Crippen LogP contribution in [0.1, 0.15) is 10.4 Å². The molecule has 1 heterocycles. The first-order valence-electron chi connectivity index (χ1n) is 3.72. The highest BCUT2D eigenvalue weighted by Crippen LogP contribution is 2.34. The molecule has 0 atom stereocenters. The molecule has 1 aromatic heterocycles. The van der Waals surface area contributed by atoms with Gasteiger partial charge in [-0.3, -0.25) is 0 Å². The fourth-order valence-electron chi connectivity index (χ4n) is 1.25. The van der Waals surface area contributed by atoms with Gasteiger partial charge in [0.15, 0.2) is 0 Å². The Hall–Kier alpha value is -1.62. The first kappa shape index (κ1) is 8.96. The number of thiophene rings is 1. The van der Waals surface area contributed by atoms with Crippen LogP contribution in [0.5, 0.6) is 5.75 Å². The highest BCUT2D eigenvalue weighted by atomic mass is 32.1. The molecule has 0 fully saturated rings. The number of halogens is 1. The molecule has 5 heteroatoms. The predicted molar refractivity (Wildman–Crippen MR) is 50.4 cm³/mol. The van der Waals surface area contributed by atoms with E-state index in [-0.39, 0.29) is 16.7 Å². The van der Waals surface area contributed by atoms with Gasteiger partial charge in [0.1, 0.15) is 11.6 Å². The van der Waals surface area contributed by atoms with Gasteiger partial charge in [0.2, 0.25) is 0 Å². The number of fused-ring (bicyclic) bond motifs is 1. The monoisotopic (exact) mass is 212 g/mol. The van der Waals surface area contributed by atoms with Crippen molar-refractivity contribution in [2.75, 3.05) is 0 Å². The van der Waals surface area contributed by atoms with Crippen LogP contribution in [-0.2, 0) is 0 Å². The van der Waals surface area contributed by atoms with Crippen molar-refractivity contribution in [3.05, 3.63) is 28.9 Å². The van der Waals surface area contributed by atoms with Crippen LogP contribution in [0.15, 0.2) is 17.5 Å². The molecule has 0 spiro atoms. The van der Waals surface area contributed by atoms with Crippen molar-refractivity contribution in [3.8, 4) is 5.75 Å². The molecule has 1 aromatic carbocycles. The van der Waals surface area contributed by atoms with E-state index in [1.54, 1.807) is 0 Å². The normalized spacial score (nSPS) is 10.6. The fourth-order valence-corrected chi connectivity index (χ4v) is 2.17. The maximum atomic E-state index is 12.9. The molecule has 0 bridgehead atoms. The van der Waals surface area contributed by atoms with Crippen molar-refractivity contribution in [1.29, 1.82) is 0 Å². The third-order valence-electron chi connectivity index (χ3n) is 1.85. The summed E-state index contributed by atoms with van der Waals surface area (Å²) >= 11 is 1.08. The van der Waals surface area contributed by atoms with Crippen LogP contribution >= 0.6 is 11.3 Å². The number of carbonyl (C=O) groups is 1. The van der Waals surface area contributed by atoms with Crippen LogP contribution in [0.3, 0.4) is 0 Å². The van der Waals surface area contributed by atoms with E-state index in [4.69, 9.17) is 5.11 Å². The average molecular weight is 212 g/mol. The summed E-state index contributed by atoms with van der Waals surface area (Å²) in [5, 5.41) is 19.7. The van der Waals surface area contributed by atoms with Crippen molar-refractivity contribution in [2.24, 2.45) is 0 Å². The van der Waals surface area contributed by atoms with Gasteiger partial charge in [-0.1, -0.05) is 0 Å². The molecule has 3 nitrogen and oxygen atoms in total. The lowest BCUT2D eigenvalue weighted by atomic mass is 10.1. The smallest absolute Gasteiger partial charge is 0.337 e. The number of aromatic hydroxyl groups is 1. The van der Waals surface area contributed by atoms with Crippen LogP contribution in [-0.4, -0.2) is 16.2 Å². The summed E-state index contributed by atoms with van der Waals surface area (Å²) in [6, 6.07) is 2.06. The lowest BCUT2D eigenvalue weighted by Crippen LogP contribution is -1.96. The minimum absolute atomic E-state index is 0.0907. The van der Waals surface area contributed by atoms with Gasteiger partial charge in [-0.15, -0.1) is 11.3 Å². The Morgan fingerprint density at radius 3 is 2.79 bits per heavy atom. The quantitative estimate of drug-likeness (QED) is 0.763. The zero-order valence-corrected chi connectivity index (χ0v) is 7.64. The Bertz CT molecular complexity index is 518. The van der Waals surface area contributed by atoms with Crippen LogP contribution in [0, 0.1) is 5.82 Å². The summed E-state index contributed by atoms with van der Waals surface area (Å²) < 4.78 is 13.3. The Morgan fingerprint density at radius 1 is 1.43 bits per heavy atom. The first-order chi connectivity index (χ1) is 6.59. The molecule has 0 aliphatic carbocycles. The van der Waals surface area contributed by atoms with Crippen molar-refractivity contribution in [1.82, 2.24) is 0 Å². The van der Waals surface area contributed by atoms with Gasteiger partial charge < -0.3 is 10.2 Å². The van der Waals surface area contributed by atoms with E-state index in [1.165, 1.54) is 5.38 Å². The Balaban J connectivity index is 2.88. The summed E-state index contributed by atoms with van der Waals surface area (Å²) in [6.45, 7) is 0. The summed E-state index contributed by atoms with van der Waals surface area (Å²) in [4.78, 5) is 10.7. The third kappa shape index (κ3) is 1.22. The van der Waals surface area contributed by atoms with Gasteiger partial charge >= 0.3 is 5.97 Å². The predicted octanol–water partition coefficient (Wildman–Crippen LogP) is 2.44. The second kappa shape index (κ2) is 2.95. The van der Waals surface area contributed by atoms with E-state index in [1.807, 2.05) is 0 Å². The number of rotatable bonds is 1. The van der Waals surface area contributed by atoms with Crippen molar-refractivity contribution in [3.63, 3.8) is 0 Å². The number of carboxylic acids is 1. The van der Waals surface area contributed by atoms with Gasteiger partial charge in [0.25, 0.3) is 0 Å². The van der Waals surface area contributed by atoms with E-state index >= 15 is 0 Å². The Morgan fingerprint density at radius 2 is 2.14 bits per heavy atom. The molecule has 0 aliphatic heterocycles. The lowest BCUT2D eigenvalue weighted by Gasteiger charge is -1.97. The van der Waals surface area contributed by atoms with Crippen molar-refractivity contribution < 1.29 is 19.4 Å². The fraction of sp³-hybridized carbons (Fsp3) is 0. The van der Waals surface area contributed by atoms with E-state index < -0.39 is 11.8 Å². The van der Waals surface area contributed by atoms with Gasteiger partial charge in [0.05, 0.1) is 10.3 Å². The molecule has 0 aliphatic rings. The molecular formula is C9H5FO3S. The number of hydrogen-bond donors (Lipinski definition) is 2. The summed E-state index contributed by atoms with van der Waals surface area (Å²) in [6.07, 6.45) is 0. The van der Waals surface area contributed by atoms with Crippen LogP contribution in [0.2, 0.25) is 0 Å². The second-order valence-corrected chi connectivity index (χ2v) is 3.64. The van der Waals surface area contributed by atoms with Gasteiger partial charge in [-0.2, -0.15) is 0 Å². The molecule has 72 valence electrons.